The lowest BCUT2D eigenvalue weighted by Gasteiger charge is -2.05. The SMILES string of the molecule is C=C(OCC)c1cnc(C)nc1.Cc1ncc(Br)cn1. The lowest BCUT2D eigenvalue weighted by atomic mass is 10.3. The number of aryl methyl sites for hydroxylation is 2. The van der Waals surface area contributed by atoms with Crippen LogP contribution in [-0.2, 0) is 4.74 Å². The first-order valence-electron chi connectivity index (χ1n) is 6.07. The van der Waals surface area contributed by atoms with Crippen molar-refractivity contribution in [3.63, 3.8) is 0 Å². The third-order valence-electron chi connectivity index (χ3n) is 2.17. The summed E-state index contributed by atoms with van der Waals surface area (Å²) in [6.07, 6.45) is 6.87. The second-order valence-electron chi connectivity index (χ2n) is 3.82. The van der Waals surface area contributed by atoms with Crippen molar-refractivity contribution in [1.29, 1.82) is 0 Å². The van der Waals surface area contributed by atoms with Gasteiger partial charge in [0, 0.05) is 24.8 Å². The molecule has 2 aromatic heterocycles. The number of aromatic nitrogens is 4. The van der Waals surface area contributed by atoms with Crippen LogP contribution in [0.1, 0.15) is 24.1 Å². The van der Waals surface area contributed by atoms with Crippen molar-refractivity contribution in [3.05, 3.63) is 53.1 Å². The minimum atomic E-state index is 0.618. The van der Waals surface area contributed by atoms with E-state index in [1.54, 1.807) is 24.8 Å². The van der Waals surface area contributed by atoms with E-state index in [-0.39, 0.29) is 0 Å². The van der Waals surface area contributed by atoms with E-state index >= 15 is 0 Å². The standard InChI is InChI=1S/C9H12N2O.C5H5BrN2/c1-4-12-7(2)9-5-10-8(3)11-6-9;1-4-7-2-5(6)3-8-4/h5-6H,2,4H2,1,3H3;2-3H,1H3. The van der Waals surface area contributed by atoms with E-state index < -0.39 is 0 Å². The maximum Gasteiger partial charge on any atom is 0.125 e. The summed E-state index contributed by atoms with van der Waals surface area (Å²) in [6.45, 7) is 9.97. The molecule has 0 bridgehead atoms. The lowest BCUT2D eigenvalue weighted by Crippen LogP contribution is -1.93. The minimum Gasteiger partial charge on any atom is -0.494 e. The van der Waals surface area contributed by atoms with Crippen molar-refractivity contribution in [2.45, 2.75) is 20.8 Å². The molecule has 2 aromatic rings. The monoisotopic (exact) mass is 336 g/mol. The van der Waals surface area contributed by atoms with E-state index in [1.807, 2.05) is 20.8 Å². The van der Waals surface area contributed by atoms with Crippen LogP contribution in [0.5, 0.6) is 0 Å². The minimum absolute atomic E-state index is 0.618. The summed E-state index contributed by atoms with van der Waals surface area (Å²) in [5.74, 6) is 2.17. The van der Waals surface area contributed by atoms with Gasteiger partial charge in [0.2, 0.25) is 0 Å². The van der Waals surface area contributed by atoms with Crippen LogP contribution in [0.2, 0.25) is 0 Å². The molecule has 0 spiro atoms. The highest BCUT2D eigenvalue weighted by Gasteiger charge is 1.98. The van der Waals surface area contributed by atoms with Crippen molar-refractivity contribution in [1.82, 2.24) is 19.9 Å². The van der Waals surface area contributed by atoms with Crippen molar-refractivity contribution in [2.75, 3.05) is 6.61 Å². The number of nitrogens with zero attached hydrogens (tertiary/aromatic N) is 4. The number of halogens is 1. The molecular formula is C14H17BrN4O. The Labute approximate surface area is 127 Å². The third kappa shape index (κ3) is 5.88. The molecule has 0 fully saturated rings. The van der Waals surface area contributed by atoms with Crippen LogP contribution in [0.15, 0.2) is 35.8 Å². The van der Waals surface area contributed by atoms with Gasteiger partial charge < -0.3 is 4.74 Å². The van der Waals surface area contributed by atoms with Gasteiger partial charge in [0.05, 0.1) is 16.6 Å². The van der Waals surface area contributed by atoms with Crippen LogP contribution in [0.25, 0.3) is 5.76 Å². The third-order valence-corrected chi connectivity index (χ3v) is 2.58. The molecule has 0 aliphatic rings. The predicted molar refractivity (Wildman–Crippen MR) is 81.9 cm³/mol. The topological polar surface area (TPSA) is 60.8 Å². The Morgan fingerprint density at radius 2 is 1.50 bits per heavy atom. The summed E-state index contributed by atoms with van der Waals surface area (Å²) < 4.78 is 6.11. The molecule has 106 valence electrons. The van der Waals surface area contributed by atoms with E-state index in [0.717, 1.165) is 21.7 Å². The van der Waals surface area contributed by atoms with Crippen molar-refractivity contribution >= 4 is 21.7 Å². The molecule has 0 aromatic carbocycles. The summed E-state index contributed by atoms with van der Waals surface area (Å²) in [7, 11) is 0. The summed E-state index contributed by atoms with van der Waals surface area (Å²) in [5.41, 5.74) is 0.836. The fourth-order valence-electron chi connectivity index (χ4n) is 1.17. The second-order valence-corrected chi connectivity index (χ2v) is 4.74. The fourth-order valence-corrected chi connectivity index (χ4v) is 1.38. The molecule has 0 atom stereocenters. The van der Waals surface area contributed by atoms with Crippen molar-refractivity contribution < 1.29 is 4.74 Å². The average Bonchev–Trinajstić information content (AvgIpc) is 2.44. The van der Waals surface area contributed by atoms with E-state index in [0.29, 0.717) is 12.4 Å². The van der Waals surface area contributed by atoms with Gasteiger partial charge >= 0.3 is 0 Å². The van der Waals surface area contributed by atoms with Gasteiger partial charge in [0.15, 0.2) is 0 Å². The highest BCUT2D eigenvalue weighted by Crippen LogP contribution is 2.10. The molecule has 2 heterocycles. The van der Waals surface area contributed by atoms with E-state index in [4.69, 9.17) is 4.74 Å². The van der Waals surface area contributed by atoms with Crippen molar-refractivity contribution in [3.8, 4) is 0 Å². The summed E-state index contributed by atoms with van der Waals surface area (Å²) in [5, 5.41) is 0. The summed E-state index contributed by atoms with van der Waals surface area (Å²) in [4.78, 5) is 15.9. The highest BCUT2D eigenvalue weighted by atomic mass is 79.9. The molecule has 0 amide bonds. The van der Waals surface area contributed by atoms with Gasteiger partial charge in [-0.15, -0.1) is 0 Å². The molecule has 5 nitrogen and oxygen atoms in total. The molecule has 20 heavy (non-hydrogen) atoms. The Kier molecular flexibility index (Phi) is 6.79. The molecule has 6 heteroatoms. The quantitative estimate of drug-likeness (QED) is 0.804. The maximum atomic E-state index is 5.19. The van der Waals surface area contributed by atoms with Gasteiger partial charge in [-0.1, -0.05) is 6.58 Å². The smallest absolute Gasteiger partial charge is 0.125 e. The molecule has 0 saturated heterocycles. The van der Waals surface area contributed by atoms with Gasteiger partial charge in [-0.05, 0) is 36.7 Å². The molecule has 0 N–H and O–H groups in total. The molecule has 2 rings (SSSR count). The van der Waals surface area contributed by atoms with Crippen LogP contribution in [0.4, 0.5) is 0 Å². The van der Waals surface area contributed by atoms with E-state index in [9.17, 15) is 0 Å². The number of rotatable bonds is 3. The Morgan fingerprint density at radius 1 is 1.05 bits per heavy atom. The Balaban J connectivity index is 0.000000217. The molecular weight excluding hydrogens is 320 g/mol. The normalized spacial score (nSPS) is 9.40. The van der Waals surface area contributed by atoms with Gasteiger partial charge in [0.25, 0.3) is 0 Å². The predicted octanol–water partition coefficient (Wildman–Crippen LogP) is 3.34. The Bertz CT molecular complexity index is 519. The Morgan fingerprint density at radius 3 is 1.90 bits per heavy atom. The summed E-state index contributed by atoms with van der Waals surface area (Å²) in [6, 6.07) is 0. The number of ether oxygens (including phenoxy) is 1. The molecule has 0 aliphatic carbocycles. The molecule has 0 radical (unpaired) electrons. The van der Waals surface area contributed by atoms with E-state index in [2.05, 4.69) is 42.4 Å². The van der Waals surface area contributed by atoms with Gasteiger partial charge in [0.1, 0.15) is 17.4 Å². The maximum absolute atomic E-state index is 5.19. The van der Waals surface area contributed by atoms with Crippen molar-refractivity contribution in [2.24, 2.45) is 0 Å². The zero-order valence-corrected chi connectivity index (χ0v) is 13.4. The largest absolute Gasteiger partial charge is 0.494 e. The number of hydrogen-bond acceptors (Lipinski definition) is 5. The van der Waals surface area contributed by atoms with Crippen LogP contribution in [-0.4, -0.2) is 26.5 Å². The fraction of sp³-hybridized carbons (Fsp3) is 0.286. The lowest BCUT2D eigenvalue weighted by molar-refractivity contribution is 0.299. The first kappa shape index (κ1) is 16.2. The van der Waals surface area contributed by atoms with Gasteiger partial charge in [-0.2, -0.15) is 0 Å². The highest BCUT2D eigenvalue weighted by molar-refractivity contribution is 9.10. The van der Waals surface area contributed by atoms with E-state index in [1.165, 1.54) is 0 Å². The molecule has 0 aliphatic heterocycles. The van der Waals surface area contributed by atoms with Crippen LogP contribution < -0.4 is 0 Å². The van der Waals surface area contributed by atoms with Crippen LogP contribution in [0, 0.1) is 13.8 Å². The summed E-state index contributed by atoms with van der Waals surface area (Å²) >= 11 is 3.22. The average molecular weight is 337 g/mol. The first-order chi connectivity index (χ1) is 9.52. The molecule has 0 saturated carbocycles. The Hall–Kier alpha value is -1.82. The van der Waals surface area contributed by atoms with Crippen LogP contribution >= 0.6 is 15.9 Å². The van der Waals surface area contributed by atoms with Gasteiger partial charge in [-0.25, -0.2) is 19.9 Å². The zero-order valence-electron chi connectivity index (χ0n) is 11.8. The zero-order chi connectivity index (χ0) is 15.0. The first-order valence-corrected chi connectivity index (χ1v) is 6.87. The number of hydrogen-bond donors (Lipinski definition) is 0. The molecule has 0 unspecified atom stereocenters. The van der Waals surface area contributed by atoms with Gasteiger partial charge in [-0.3, -0.25) is 0 Å². The van der Waals surface area contributed by atoms with Crippen LogP contribution in [0.3, 0.4) is 0 Å². The second kappa shape index (κ2) is 8.37.